The topological polar surface area (TPSA) is 60.3 Å². The van der Waals surface area contributed by atoms with Gasteiger partial charge in [0.1, 0.15) is 6.61 Å². The van der Waals surface area contributed by atoms with E-state index < -0.39 is 0 Å². The third-order valence-electron chi connectivity index (χ3n) is 6.03. The zero-order valence-corrected chi connectivity index (χ0v) is 17.2. The van der Waals surface area contributed by atoms with E-state index in [0.29, 0.717) is 18.2 Å². The van der Waals surface area contributed by atoms with Gasteiger partial charge >= 0.3 is 0 Å². The van der Waals surface area contributed by atoms with Crippen LogP contribution in [0, 0.1) is 12.8 Å². The Morgan fingerprint density at radius 3 is 2.52 bits per heavy atom. The Labute approximate surface area is 172 Å². The highest BCUT2D eigenvalue weighted by Gasteiger charge is 2.32. The van der Waals surface area contributed by atoms with E-state index in [1.54, 1.807) is 6.07 Å². The quantitative estimate of drug-likeness (QED) is 0.758. The summed E-state index contributed by atoms with van der Waals surface area (Å²) in [5.41, 5.74) is 1.97. The van der Waals surface area contributed by atoms with Crippen molar-refractivity contribution in [3.63, 3.8) is 0 Å². The number of hydrogen-bond donors (Lipinski definition) is 1. The number of rotatable bonds is 7. The molecule has 29 heavy (non-hydrogen) atoms. The van der Waals surface area contributed by atoms with Crippen molar-refractivity contribution in [1.82, 2.24) is 9.88 Å². The van der Waals surface area contributed by atoms with Crippen LogP contribution in [-0.4, -0.2) is 17.0 Å². The summed E-state index contributed by atoms with van der Waals surface area (Å²) in [6.45, 7) is 2.84. The second-order valence-electron chi connectivity index (χ2n) is 8.42. The summed E-state index contributed by atoms with van der Waals surface area (Å²) in [6.07, 6.45) is 8.17. The minimum atomic E-state index is -0.224. The lowest BCUT2D eigenvalue weighted by atomic mass is 9.89. The number of nitrogens with one attached hydrogen (secondary N) is 1. The first-order valence-corrected chi connectivity index (χ1v) is 10.8. The van der Waals surface area contributed by atoms with E-state index in [9.17, 15) is 9.59 Å². The first-order valence-electron chi connectivity index (χ1n) is 10.8. The van der Waals surface area contributed by atoms with Gasteiger partial charge in [-0.25, -0.2) is 0 Å². The van der Waals surface area contributed by atoms with E-state index in [4.69, 9.17) is 4.74 Å². The van der Waals surface area contributed by atoms with Crippen molar-refractivity contribution in [2.45, 2.75) is 64.5 Å². The Bertz CT molecular complexity index is 910. The predicted molar refractivity (Wildman–Crippen MR) is 113 cm³/mol. The fraction of sp³-hybridized carbons (Fsp3) is 0.500. The molecule has 1 aromatic carbocycles. The van der Waals surface area contributed by atoms with E-state index in [1.807, 2.05) is 41.8 Å². The van der Waals surface area contributed by atoms with Gasteiger partial charge in [-0.15, -0.1) is 0 Å². The number of ether oxygens (including phenoxy) is 1. The lowest BCUT2D eigenvalue weighted by Crippen LogP contribution is -2.34. The molecule has 154 valence electrons. The van der Waals surface area contributed by atoms with Gasteiger partial charge in [0, 0.05) is 24.3 Å². The smallest absolute Gasteiger partial charge is 0.271 e. The number of pyridine rings is 1. The second kappa shape index (κ2) is 8.85. The fourth-order valence-corrected chi connectivity index (χ4v) is 4.32. The third kappa shape index (κ3) is 4.72. The van der Waals surface area contributed by atoms with Crippen molar-refractivity contribution >= 4 is 5.91 Å². The Morgan fingerprint density at radius 2 is 1.83 bits per heavy atom. The molecule has 2 saturated carbocycles. The van der Waals surface area contributed by atoms with E-state index in [0.717, 1.165) is 24.1 Å². The van der Waals surface area contributed by atoms with Gasteiger partial charge in [0.25, 0.3) is 5.91 Å². The molecule has 1 N–H and O–H groups in total. The van der Waals surface area contributed by atoms with Crippen LogP contribution in [0.25, 0.3) is 0 Å². The van der Waals surface area contributed by atoms with E-state index >= 15 is 0 Å². The number of nitrogens with zero attached hydrogens (tertiary/aromatic N) is 1. The van der Waals surface area contributed by atoms with Crippen LogP contribution < -0.4 is 15.5 Å². The van der Waals surface area contributed by atoms with Gasteiger partial charge < -0.3 is 14.6 Å². The van der Waals surface area contributed by atoms with Gasteiger partial charge in [0.05, 0.1) is 0 Å². The third-order valence-corrected chi connectivity index (χ3v) is 6.03. The normalized spacial score (nSPS) is 17.1. The van der Waals surface area contributed by atoms with Gasteiger partial charge in [-0.1, -0.05) is 49.6 Å². The highest BCUT2D eigenvalue weighted by atomic mass is 16.5. The average molecular weight is 395 g/mol. The molecule has 2 aromatic rings. The van der Waals surface area contributed by atoms with Crippen LogP contribution in [0.1, 0.15) is 72.7 Å². The minimum absolute atomic E-state index is 0.174. The SMILES string of the molecule is Cc1cc(=O)c(OCc2ccccc2)c(C(=O)NCC2CCCCC2)n1C1CC1. The first-order chi connectivity index (χ1) is 14.1. The summed E-state index contributed by atoms with van der Waals surface area (Å²) in [6, 6.07) is 11.6. The van der Waals surface area contributed by atoms with Crippen LogP contribution >= 0.6 is 0 Å². The van der Waals surface area contributed by atoms with Crippen molar-refractivity contribution < 1.29 is 9.53 Å². The summed E-state index contributed by atoms with van der Waals surface area (Å²) in [5.74, 6) is 0.520. The number of benzene rings is 1. The molecular formula is C24H30N2O3. The second-order valence-corrected chi connectivity index (χ2v) is 8.42. The largest absolute Gasteiger partial charge is 0.483 e. The zero-order chi connectivity index (χ0) is 20.2. The van der Waals surface area contributed by atoms with Crippen LogP contribution in [0.2, 0.25) is 0 Å². The highest BCUT2D eigenvalue weighted by molar-refractivity contribution is 5.95. The van der Waals surface area contributed by atoms with Gasteiger partial charge in [-0.3, -0.25) is 9.59 Å². The molecule has 2 aliphatic carbocycles. The number of hydrogen-bond acceptors (Lipinski definition) is 3. The van der Waals surface area contributed by atoms with E-state index in [1.165, 1.54) is 32.1 Å². The Morgan fingerprint density at radius 1 is 1.10 bits per heavy atom. The molecular weight excluding hydrogens is 364 g/mol. The van der Waals surface area contributed by atoms with Crippen molar-refractivity contribution in [1.29, 1.82) is 0 Å². The summed E-state index contributed by atoms with van der Waals surface area (Å²) in [4.78, 5) is 26.0. The number of carbonyl (C=O) groups is 1. The number of aryl methyl sites for hydroxylation is 1. The molecule has 0 spiro atoms. The molecule has 1 aromatic heterocycles. The average Bonchev–Trinajstić information content (AvgIpc) is 3.57. The molecule has 2 fully saturated rings. The highest BCUT2D eigenvalue weighted by Crippen LogP contribution is 2.38. The van der Waals surface area contributed by atoms with Gasteiger partial charge in [0.2, 0.25) is 5.43 Å². The molecule has 1 amide bonds. The molecule has 5 nitrogen and oxygen atoms in total. The molecule has 2 aliphatic rings. The van der Waals surface area contributed by atoms with Crippen LogP contribution in [0.15, 0.2) is 41.2 Å². The predicted octanol–water partition coefficient (Wildman–Crippen LogP) is 4.38. The zero-order valence-electron chi connectivity index (χ0n) is 17.2. The minimum Gasteiger partial charge on any atom is -0.483 e. The maximum Gasteiger partial charge on any atom is 0.271 e. The standard InChI is InChI=1S/C24H30N2O3/c1-17-14-21(27)23(29-16-19-10-6-3-7-11-19)22(26(17)20-12-13-20)24(28)25-15-18-8-4-2-5-9-18/h3,6-7,10-11,14,18,20H,2,4-5,8-9,12-13,15-16H2,1H3,(H,25,28). The maximum absolute atomic E-state index is 13.2. The summed E-state index contributed by atoms with van der Waals surface area (Å²) >= 11 is 0. The summed E-state index contributed by atoms with van der Waals surface area (Å²) < 4.78 is 7.96. The molecule has 0 radical (unpaired) electrons. The lowest BCUT2D eigenvalue weighted by Gasteiger charge is -2.23. The van der Waals surface area contributed by atoms with Crippen LogP contribution in [-0.2, 0) is 6.61 Å². The van der Waals surface area contributed by atoms with E-state index in [-0.39, 0.29) is 29.7 Å². The molecule has 5 heteroatoms. The Hall–Kier alpha value is -2.56. The number of carbonyl (C=O) groups excluding carboxylic acids is 1. The number of aromatic nitrogens is 1. The van der Waals surface area contributed by atoms with Crippen LogP contribution in [0.3, 0.4) is 0 Å². The van der Waals surface area contributed by atoms with Gasteiger partial charge in [-0.05, 0) is 44.1 Å². The van der Waals surface area contributed by atoms with Crippen molar-refractivity contribution in [2.75, 3.05) is 6.54 Å². The van der Waals surface area contributed by atoms with Crippen LogP contribution in [0.4, 0.5) is 0 Å². The van der Waals surface area contributed by atoms with Crippen molar-refractivity contribution in [3.05, 3.63) is 63.6 Å². The first kappa shape index (κ1) is 19.7. The summed E-state index contributed by atoms with van der Waals surface area (Å²) in [7, 11) is 0. The van der Waals surface area contributed by atoms with Crippen LogP contribution in [0.5, 0.6) is 5.75 Å². The van der Waals surface area contributed by atoms with Gasteiger partial charge in [-0.2, -0.15) is 0 Å². The Balaban J connectivity index is 1.60. The maximum atomic E-state index is 13.2. The van der Waals surface area contributed by atoms with E-state index in [2.05, 4.69) is 5.32 Å². The molecule has 4 rings (SSSR count). The fourth-order valence-electron chi connectivity index (χ4n) is 4.32. The van der Waals surface area contributed by atoms with Crippen molar-refractivity contribution in [3.8, 4) is 5.75 Å². The summed E-state index contributed by atoms with van der Waals surface area (Å²) in [5, 5.41) is 3.11. The molecule has 0 unspecified atom stereocenters. The van der Waals surface area contributed by atoms with Crippen molar-refractivity contribution in [2.24, 2.45) is 5.92 Å². The lowest BCUT2D eigenvalue weighted by molar-refractivity contribution is 0.0926. The number of amides is 1. The molecule has 0 saturated heterocycles. The molecule has 0 bridgehead atoms. The molecule has 0 aliphatic heterocycles. The molecule has 1 heterocycles. The monoisotopic (exact) mass is 394 g/mol. The van der Waals surface area contributed by atoms with Gasteiger partial charge in [0.15, 0.2) is 11.4 Å². The molecule has 0 atom stereocenters. The Kier molecular flexibility index (Phi) is 6.02.